The second-order valence-electron chi connectivity index (χ2n) is 4.65. The molecule has 0 aliphatic carbocycles. The van der Waals surface area contributed by atoms with Gasteiger partial charge < -0.3 is 4.74 Å². The van der Waals surface area contributed by atoms with E-state index < -0.39 is 16.2 Å². The number of carbonyl (C=O) groups excluding carboxylic acids is 1. The molecule has 0 atom stereocenters. The molecule has 0 saturated carbocycles. The minimum atomic E-state index is -3.53. The largest absolute Gasteiger partial charge is 0.465 e. The zero-order valence-electron chi connectivity index (χ0n) is 11.3. The third kappa shape index (κ3) is 3.93. The third-order valence-electron chi connectivity index (χ3n) is 3.12. The van der Waals surface area contributed by atoms with Gasteiger partial charge in [-0.15, -0.1) is 0 Å². The molecular formula is C11H22N2O4S. The molecule has 0 unspecified atom stereocenters. The fourth-order valence-corrected chi connectivity index (χ4v) is 3.22. The topological polar surface area (TPSA) is 66.9 Å². The fraction of sp³-hybridized carbons (Fsp3) is 0.909. The van der Waals surface area contributed by atoms with Gasteiger partial charge in [-0.2, -0.15) is 17.0 Å². The highest BCUT2D eigenvalue weighted by atomic mass is 32.2. The molecule has 1 saturated heterocycles. The van der Waals surface area contributed by atoms with Crippen LogP contribution in [0.5, 0.6) is 0 Å². The van der Waals surface area contributed by atoms with Crippen LogP contribution in [0.15, 0.2) is 0 Å². The van der Waals surface area contributed by atoms with Crippen LogP contribution < -0.4 is 0 Å². The number of carbonyl (C=O) groups is 1. The minimum Gasteiger partial charge on any atom is -0.465 e. The molecule has 1 rings (SSSR count). The van der Waals surface area contributed by atoms with Crippen molar-refractivity contribution in [1.82, 2.24) is 8.61 Å². The van der Waals surface area contributed by atoms with Crippen LogP contribution >= 0.6 is 0 Å². The lowest BCUT2D eigenvalue weighted by Gasteiger charge is -2.32. The monoisotopic (exact) mass is 278 g/mol. The predicted molar refractivity (Wildman–Crippen MR) is 68.2 cm³/mol. The molecule has 18 heavy (non-hydrogen) atoms. The summed E-state index contributed by atoms with van der Waals surface area (Å²) in [6.07, 6.45) is 1.74. The lowest BCUT2D eigenvalue weighted by atomic mass is 10.0. The van der Waals surface area contributed by atoms with Crippen LogP contribution in [0.25, 0.3) is 0 Å². The van der Waals surface area contributed by atoms with E-state index in [4.69, 9.17) is 4.74 Å². The van der Waals surface area contributed by atoms with E-state index in [2.05, 4.69) is 6.92 Å². The summed E-state index contributed by atoms with van der Waals surface area (Å²) in [7, 11) is -2.13. The molecule has 1 fully saturated rings. The van der Waals surface area contributed by atoms with E-state index in [-0.39, 0.29) is 13.2 Å². The average Bonchev–Trinajstić information content (AvgIpc) is 2.29. The van der Waals surface area contributed by atoms with Gasteiger partial charge in [0, 0.05) is 20.1 Å². The average molecular weight is 278 g/mol. The van der Waals surface area contributed by atoms with Crippen molar-refractivity contribution >= 4 is 16.2 Å². The molecular weight excluding hydrogens is 256 g/mol. The van der Waals surface area contributed by atoms with Crippen LogP contribution in [-0.2, 0) is 19.7 Å². The van der Waals surface area contributed by atoms with Crippen molar-refractivity contribution in [3.05, 3.63) is 0 Å². The van der Waals surface area contributed by atoms with Gasteiger partial charge in [-0.3, -0.25) is 4.79 Å². The normalized spacial score (nSPS) is 19.1. The lowest BCUT2D eigenvalue weighted by Crippen LogP contribution is -2.47. The van der Waals surface area contributed by atoms with E-state index in [9.17, 15) is 13.2 Å². The number of rotatable bonds is 5. The molecule has 1 aliphatic rings. The zero-order chi connectivity index (χ0) is 13.8. The molecule has 0 radical (unpaired) electrons. The molecule has 0 aromatic rings. The first kappa shape index (κ1) is 15.4. The Kier molecular flexibility index (Phi) is 5.55. The standard InChI is InChI=1S/C11H22N2O4S/c1-4-17-11(14)9-12(3)18(15,16)13-7-5-10(2)6-8-13/h10H,4-9H2,1-3H3. The summed E-state index contributed by atoms with van der Waals surface area (Å²) in [4.78, 5) is 11.3. The highest BCUT2D eigenvalue weighted by Gasteiger charge is 2.31. The Labute approximate surface area is 109 Å². The summed E-state index contributed by atoms with van der Waals surface area (Å²) in [5.74, 6) is 0.0424. The zero-order valence-corrected chi connectivity index (χ0v) is 12.1. The summed E-state index contributed by atoms with van der Waals surface area (Å²) in [6, 6.07) is 0. The van der Waals surface area contributed by atoms with E-state index in [1.54, 1.807) is 6.92 Å². The summed E-state index contributed by atoms with van der Waals surface area (Å²) >= 11 is 0. The molecule has 6 nitrogen and oxygen atoms in total. The highest BCUT2D eigenvalue weighted by molar-refractivity contribution is 7.86. The van der Waals surface area contributed by atoms with E-state index in [1.165, 1.54) is 11.4 Å². The fourth-order valence-electron chi connectivity index (χ4n) is 1.88. The van der Waals surface area contributed by atoms with Crippen molar-refractivity contribution in [1.29, 1.82) is 0 Å². The number of hydrogen-bond acceptors (Lipinski definition) is 4. The Morgan fingerprint density at radius 2 is 1.94 bits per heavy atom. The number of nitrogens with zero attached hydrogens (tertiary/aromatic N) is 2. The maximum absolute atomic E-state index is 12.2. The highest BCUT2D eigenvalue weighted by Crippen LogP contribution is 2.19. The van der Waals surface area contributed by atoms with Crippen molar-refractivity contribution in [2.45, 2.75) is 26.7 Å². The Morgan fingerprint density at radius 3 is 2.44 bits per heavy atom. The first-order chi connectivity index (χ1) is 8.37. The molecule has 1 heterocycles. The van der Waals surface area contributed by atoms with E-state index in [0.717, 1.165) is 17.1 Å². The molecule has 0 bridgehead atoms. The van der Waals surface area contributed by atoms with Crippen LogP contribution in [0.4, 0.5) is 0 Å². The molecule has 7 heteroatoms. The molecule has 0 amide bonds. The molecule has 0 spiro atoms. The second-order valence-corrected chi connectivity index (χ2v) is 6.69. The summed E-state index contributed by atoms with van der Waals surface area (Å²) < 4.78 is 31.6. The van der Waals surface area contributed by atoms with Gasteiger partial charge in [-0.1, -0.05) is 6.92 Å². The second kappa shape index (κ2) is 6.49. The molecule has 0 aromatic carbocycles. The Hall–Kier alpha value is -0.660. The van der Waals surface area contributed by atoms with Crippen LogP contribution in [0.1, 0.15) is 26.7 Å². The summed E-state index contributed by atoms with van der Waals surface area (Å²) in [5.41, 5.74) is 0. The number of esters is 1. The van der Waals surface area contributed by atoms with Crippen LogP contribution in [0.3, 0.4) is 0 Å². The van der Waals surface area contributed by atoms with E-state index >= 15 is 0 Å². The van der Waals surface area contributed by atoms with Gasteiger partial charge in [-0.25, -0.2) is 0 Å². The van der Waals surface area contributed by atoms with Gasteiger partial charge in [0.05, 0.1) is 6.61 Å². The van der Waals surface area contributed by atoms with Gasteiger partial charge in [0.2, 0.25) is 0 Å². The van der Waals surface area contributed by atoms with Crippen LogP contribution in [0, 0.1) is 5.92 Å². The SMILES string of the molecule is CCOC(=O)CN(C)S(=O)(=O)N1CCC(C)CC1. The van der Waals surface area contributed by atoms with Gasteiger partial charge in [0.25, 0.3) is 10.2 Å². The lowest BCUT2D eigenvalue weighted by molar-refractivity contribution is -0.143. The third-order valence-corrected chi connectivity index (χ3v) is 5.05. The van der Waals surface area contributed by atoms with Crippen molar-refractivity contribution in [3.8, 4) is 0 Å². The number of ether oxygens (including phenoxy) is 1. The van der Waals surface area contributed by atoms with Crippen molar-refractivity contribution < 1.29 is 17.9 Å². The van der Waals surface area contributed by atoms with Gasteiger partial charge in [0.1, 0.15) is 6.54 Å². The number of likely N-dealkylation sites (N-methyl/N-ethyl adjacent to an activating group) is 1. The quantitative estimate of drug-likeness (QED) is 0.685. The van der Waals surface area contributed by atoms with E-state index in [0.29, 0.717) is 19.0 Å². The molecule has 0 aromatic heterocycles. The van der Waals surface area contributed by atoms with Crippen LogP contribution in [-0.4, -0.2) is 56.3 Å². The Bertz CT molecular complexity index is 375. The minimum absolute atomic E-state index is 0.234. The van der Waals surface area contributed by atoms with Crippen molar-refractivity contribution in [2.24, 2.45) is 5.92 Å². The van der Waals surface area contributed by atoms with Gasteiger partial charge in [0.15, 0.2) is 0 Å². The van der Waals surface area contributed by atoms with Gasteiger partial charge >= 0.3 is 5.97 Å². The summed E-state index contributed by atoms with van der Waals surface area (Å²) in [6.45, 7) is 4.88. The first-order valence-corrected chi connectivity index (χ1v) is 7.64. The van der Waals surface area contributed by atoms with Gasteiger partial charge in [-0.05, 0) is 25.7 Å². The number of hydrogen-bond donors (Lipinski definition) is 0. The Morgan fingerprint density at radius 1 is 1.39 bits per heavy atom. The molecule has 0 N–H and O–H groups in total. The van der Waals surface area contributed by atoms with Crippen LogP contribution in [0.2, 0.25) is 0 Å². The molecule has 106 valence electrons. The predicted octanol–water partition coefficient (Wildman–Crippen LogP) is 0.458. The number of piperidine rings is 1. The van der Waals surface area contributed by atoms with E-state index in [1.807, 2.05) is 0 Å². The smallest absolute Gasteiger partial charge is 0.321 e. The maximum atomic E-state index is 12.2. The Balaban J connectivity index is 2.59. The molecule has 1 aliphatic heterocycles. The van der Waals surface area contributed by atoms with Crippen molar-refractivity contribution in [2.75, 3.05) is 33.3 Å². The van der Waals surface area contributed by atoms with Crippen molar-refractivity contribution in [3.63, 3.8) is 0 Å². The summed E-state index contributed by atoms with van der Waals surface area (Å²) in [5, 5.41) is 0. The first-order valence-electron chi connectivity index (χ1n) is 6.25. The maximum Gasteiger partial charge on any atom is 0.321 e.